The Morgan fingerprint density at radius 1 is 0.444 bits per heavy atom. The Kier molecular flexibility index (Phi) is 6.70. The second kappa shape index (κ2) is 10.9. The zero-order valence-corrected chi connectivity index (χ0v) is 23.9. The van der Waals surface area contributed by atoms with Crippen molar-refractivity contribution in [2.24, 2.45) is 0 Å². The summed E-state index contributed by atoms with van der Waals surface area (Å²) in [6.07, 6.45) is 4.95. The molecular formula is C36H27N3O6. The fraction of sp³-hybridized carbons (Fsp3) is 0.0833. The Bertz CT molecular complexity index is 2040. The second-order valence-corrected chi connectivity index (χ2v) is 11.1. The summed E-state index contributed by atoms with van der Waals surface area (Å²) < 4.78 is 5.76. The molecule has 0 unspecified atom stereocenters. The number of aromatic nitrogens is 3. The smallest absolute Gasteiger partial charge is 0.337 e. The first-order chi connectivity index (χ1) is 21.8. The molecule has 0 bridgehead atoms. The molecule has 0 atom stereocenters. The maximum Gasteiger partial charge on any atom is 0.337 e. The largest absolute Gasteiger partial charge is 0.478 e. The molecule has 0 radical (unpaired) electrons. The van der Waals surface area contributed by atoms with Crippen molar-refractivity contribution in [1.82, 2.24) is 13.7 Å². The summed E-state index contributed by atoms with van der Waals surface area (Å²) in [5.74, 6) is -2.99. The first-order valence-corrected chi connectivity index (χ1v) is 14.3. The maximum atomic E-state index is 12.0. The summed E-state index contributed by atoms with van der Waals surface area (Å²) in [6, 6.07) is 28.3. The van der Waals surface area contributed by atoms with E-state index in [0.29, 0.717) is 35.8 Å². The predicted octanol–water partition coefficient (Wildman–Crippen LogP) is 6.79. The van der Waals surface area contributed by atoms with Gasteiger partial charge in [-0.05, 0) is 34.9 Å². The van der Waals surface area contributed by atoms with Crippen LogP contribution in [0.3, 0.4) is 0 Å². The van der Waals surface area contributed by atoms with E-state index in [0.717, 1.165) is 33.2 Å². The monoisotopic (exact) mass is 597 g/mol. The first-order valence-electron chi connectivity index (χ1n) is 14.3. The van der Waals surface area contributed by atoms with Crippen LogP contribution in [0.25, 0.3) is 32.7 Å². The lowest BCUT2D eigenvalue weighted by Crippen LogP contribution is -2.06. The van der Waals surface area contributed by atoms with Crippen molar-refractivity contribution < 1.29 is 29.7 Å². The van der Waals surface area contributed by atoms with E-state index in [1.54, 1.807) is 36.8 Å². The molecule has 0 aliphatic heterocycles. The van der Waals surface area contributed by atoms with Gasteiger partial charge in [-0.1, -0.05) is 72.8 Å². The Hall–Kier alpha value is -6.09. The van der Waals surface area contributed by atoms with Gasteiger partial charge >= 0.3 is 17.9 Å². The molecule has 4 aromatic carbocycles. The summed E-state index contributed by atoms with van der Waals surface area (Å²) in [4.78, 5) is 36.0. The van der Waals surface area contributed by atoms with Gasteiger partial charge in [0.15, 0.2) is 0 Å². The molecule has 3 heterocycles. The van der Waals surface area contributed by atoms with Gasteiger partial charge in [-0.15, -0.1) is 0 Å². The zero-order valence-electron chi connectivity index (χ0n) is 23.9. The van der Waals surface area contributed by atoms with Crippen LogP contribution in [-0.4, -0.2) is 46.9 Å². The lowest BCUT2D eigenvalue weighted by atomic mass is 10.0. The van der Waals surface area contributed by atoms with Gasteiger partial charge in [-0.25, -0.2) is 14.4 Å². The number of para-hydroxylation sites is 3. The summed E-state index contributed by atoms with van der Waals surface area (Å²) in [7, 11) is 0. The third-order valence-corrected chi connectivity index (χ3v) is 8.23. The zero-order chi connectivity index (χ0) is 31.2. The number of carbonyl (C=O) groups is 3. The Morgan fingerprint density at radius 3 is 0.978 bits per heavy atom. The molecule has 0 aliphatic carbocycles. The molecule has 9 heteroatoms. The quantitative estimate of drug-likeness (QED) is 0.168. The molecule has 0 saturated carbocycles. The average Bonchev–Trinajstić information content (AvgIpc) is 3.70. The van der Waals surface area contributed by atoms with E-state index >= 15 is 0 Å². The third kappa shape index (κ3) is 5.00. The van der Waals surface area contributed by atoms with Gasteiger partial charge in [-0.2, -0.15) is 0 Å². The lowest BCUT2D eigenvalue weighted by molar-refractivity contribution is 0.0688. The van der Waals surface area contributed by atoms with Crippen LogP contribution in [-0.2, 0) is 19.6 Å². The molecule has 3 aromatic heterocycles. The SMILES string of the molecule is O=C(O)c1cn(Cc2cc(Cn3cc(C(=O)O)c4ccccc43)cc(Cn3cc(C(=O)O)c4ccccc43)c2)c2ccccc12. The van der Waals surface area contributed by atoms with E-state index < -0.39 is 17.9 Å². The van der Waals surface area contributed by atoms with Crippen LogP contribution < -0.4 is 0 Å². The highest BCUT2D eigenvalue weighted by atomic mass is 16.4. The minimum Gasteiger partial charge on any atom is -0.478 e. The fourth-order valence-electron chi connectivity index (χ4n) is 6.35. The standard InChI is InChI=1S/C36H27N3O6/c40-34(41)28-19-37(31-10-4-1-7-25(28)31)16-22-13-23(17-38-20-29(35(42)43)26-8-2-5-11-32(26)38)15-24(14-22)18-39-21-30(36(44)45)27-9-3-6-12-33(27)39/h1-15,19-21H,16-18H2,(H,40,41)(H,42,43)(H,44,45). The summed E-state index contributed by atoms with van der Waals surface area (Å²) >= 11 is 0. The molecular weight excluding hydrogens is 570 g/mol. The number of aromatic carboxylic acids is 3. The number of hydrogen-bond acceptors (Lipinski definition) is 3. The van der Waals surface area contributed by atoms with Gasteiger partial charge < -0.3 is 29.0 Å². The van der Waals surface area contributed by atoms with Crippen LogP contribution in [0.2, 0.25) is 0 Å². The molecule has 0 spiro atoms. The highest BCUT2D eigenvalue weighted by Gasteiger charge is 2.18. The van der Waals surface area contributed by atoms with Crippen molar-refractivity contribution in [1.29, 1.82) is 0 Å². The maximum absolute atomic E-state index is 12.0. The van der Waals surface area contributed by atoms with Gasteiger partial charge in [0.2, 0.25) is 0 Å². The molecule has 7 aromatic rings. The average molecular weight is 598 g/mol. The Balaban J connectivity index is 1.34. The minimum atomic E-state index is -0.998. The van der Waals surface area contributed by atoms with Gasteiger partial charge in [0.1, 0.15) is 0 Å². The van der Waals surface area contributed by atoms with Crippen molar-refractivity contribution in [2.45, 2.75) is 19.6 Å². The molecule has 0 fully saturated rings. The minimum absolute atomic E-state index is 0.224. The van der Waals surface area contributed by atoms with Crippen LogP contribution in [0.4, 0.5) is 0 Å². The predicted molar refractivity (Wildman–Crippen MR) is 170 cm³/mol. The topological polar surface area (TPSA) is 127 Å². The van der Waals surface area contributed by atoms with Crippen LogP contribution >= 0.6 is 0 Å². The van der Waals surface area contributed by atoms with E-state index in [4.69, 9.17) is 0 Å². The van der Waals surface area contributed by atoms with Crippen LogP contribution in [0.15, 0.2) is 110 Å². The Morgan fingerprint density at radius 2 is 0.711 bits per heavy atom. The van der Waals surface area contributed by atoms with E-state index in [2.05, 4.69) is 0 Å². The summed E-state index contributed by atoms with van der Waals surface area (Å²) in [5.41, 5.74) is 5.83. The van der Waals surface area contributed by atoms with E-state index in [-0.39, 0.29) is 16.7 Å². The molecule has 7 rings (SSSR count). The van der Waals surface area contributed by atoms with Gasteiger partial charge in [0.25, 0.3) is 0 Å². The van der Waals surface area contributed by atoms with Crippen LogP contribution in [0, 0.1) is 0 Å². The van der Waals surface area contributed by atoms with Gasteiger partial charge in [-0.3, -0.25) is 0 Å². The number of fused-ring (bicyclic) bond motifs is 3. The number of carboxylic acids is 3. The molecule has 3 N–H and O–H groups in total. The van der Waals surface area contributed by atoms with Gasteiger partial charge in [0.05, 0.1) is 16.7 Å². The molecule has 0 amide bonds. The highest BCUT2D eigenvalue weighted by Crippen LogP contribution is 2.27. The number of rotatable bonds is 9. The second-order valence-electron chi connectivity index (χ2n) is 11.1. The van der Waals surface area contributed by atoms with Crippen molar-refractivity contribution in [3.8, 4) is 0 Å². The number of carboxylic acid groups (broad SMARTS) is 3. The molecule has 0 saturated heterocycles. The molecule has 222 valence electrons. The number of hydrogen-bond donors (Lipinski definition) is 3. The van der Waals surface area contributed by atoms with Gasteiger partial charge in [0, 0.05) is 70.9 Å². The summed E-state index contributed by atoms with van der Waals surface area (Å²) in [5, 5.41) is 31.5. The number of nitrogens with zero attached hydrogens (tertiary/aromatic N) is 3. The first kappa shape index (κ1) is 27.7. The summed E-state index contributed by atoms with van der Waals surface area (Å²) in [6.45, 7) is 1.19. The normalized spacial score (nSPS) is 11.5. The fourth-order valence-corrected chi connectivity index (χ4v) is 6.35. The molecule has 45 heavy (non-hydrogen) atoms. The van der Waals surface area contributed by atoms with E-state index in [1.807, 2.05) is 86.5 Å². The highest BCUT2D eigenvalue weighted by molar-refractivity contribution is 6.05. The van der Waals surface area contributed by atoms with Crippen LogP contribution in [0.1, 0.15) is 47.8 Å². The van der Waals surface area contributed by atoms with Crippen molar-refractivity contribution in [3.63, 3.8) is 0 Å². The Labute approximate surface area is 256 Å². The van der Waals surface area contributed by atoms with Crippen molar-refractivity contribution in [3.05, 3.63) is 143 Å². The van der Waals surface area contributed by atoms with Crippen molar-refractivity contribution >= 4 is 50.6 Å². The van der Waals surface area contributed by atoms with E-state index in [9.17, 15) is 29.7 Å². The lowest BCUT2D eigenvalue weighted by Gasteiger charge is -2.14. The van der Waals surface area contributed by atoms with E-state index in [1.165, 1.54) is 0 Å². The molecule has 9 nitrogen and oxygen atoms in total. The molecule has 0 aliphatic rings. The number of benzene rings is 4. The third-order valence-electron chi connectivity index (χ3n) is 8.23. The van der Waals surface area contributed by atoms with Crippen LogP contribution in [0.5, 0.6) is 0 Å². The van der Waals surface area contributed by atoms with Crippen molar-refractivity contribution in [2.75, 3.05) is 0 Å².